The number of nitrogens with zero attached hydrogens (tertiary/aromatic N) is 1. The minimum absolute atomic E-state index is 0.123. The van der Waals surface area contributed by atoms with Crippen molar-refractivity contribution < 1.29 is 9.59 Å². The topological polar surface area (TPSA) is 83.1 Å². The smallest absolute Gasteiger partial charge is 0.269 e. The van der Waals surface area contributed by atoms with E-state index in [4.69, 9.17) is 0 Å². The van der Waals surface area contributed by atoms with Gasteiger partial charge >= 0.3 is 0 Å². The molecule has 108 valence electrons. The summed E-state index contributed by atoms with van der Waals surface area (Å²) >= 11 is 0. The molecule has 6 nitrogen and oxygen atoms in total. The third-order valence-corrected chi connectivity index (χ3v) is 2.66. The van der Waals surface area contributed by atoms with E-state index in [1.54, 1.807) is 19.1 Å². The van der Waals surface area contributed by atoms with Gasteiger partial charge in [-0.05, 0) is 32.4 Å². The first kappa shape index (κ1) is 15.7. The van der Waals surface area contributed by atoms with E-state index in [9.17, 15) is 9.59 Å². The Bertz CT molecular complexity index is 485. The number of carbonyl (C=O) groups is 2. The fourth-order valence-electron chi connectivity index (χ4n) is 1.35. The van der Waals surface area contributed by atoms with Gasteiger partial charge in [-0.15, -0.1) is 0 Å². The molecule has 0 fully saturated rings. The predicted molar refractivity (Wildman–Crippen MR) is 76.5 cm³/mol. The quantitative estimate of drug-likeness (QED) is 0.537. The van der Waals surface area contributed by atoms with Gasteiger partial charge in [0, 0.05) is 35.8 Å². The highest BCUT2D eigenvalue weighted by Gasteiger charge is 2.05. The zero-order valence-corrected chi connectivity index (χ0v) is 11.9. The summed E-state index contributed by atoms with van der Waals surface area (Å²) in [6.45, 7) is 5.62. The van der Waals surface area contributed by atoms with Gasteiger partial charge in [0.1, 0.15) is 0 Å². The van der Waals surface area contributed by atoms with Crippen LogP contribution in [-0.4, -0.2) is 22.8 Å². The van der Waals surface area contributed by atoms with Crippen LogP contribution in [0.1, 0.15) is 37.6 Å². The lowest BCUT2D eigenvalue weighted by Crippen LogP contribution is -2.37. The Hall–Kier alpha value is -2.37. The molecule has 3 N–H and O–H groups in total. The molecular weight excluding hydrogens is 256 g/mol. The lowest BCUT2D eigenvalue weighted by atomic mass is 10.2. The third kappa shape index (κ3) is 5.51. The van der Waals surface area contributed by atoms with E-state index in [1.807, 2.05) is 13.8 Å². The largest absolute Gasteiger partial charge is 0.350 e. The maximum absolute atomic E-state index is 11.7. The van der Waals surface area contributed by atoms with Crippen LogP contribution in [0.2, 0.25) is 0 Å². The van der Waals surface area contributed by atoms with Gasteiger partial charge < -0.3 is 10.7 Å². The second kappa shape index (κ2) is 7.93. The number of pyridine rings is 1. The molecule has 0 aromatic carbocycles. The molecule has 6 heteroatoms. The highest BCUT2D eigenvalue weighted by molar-refractivity contribution is 5.93. The highest BCUT2D eigenvalue weighted by atomic mass is 16.2. The van der Waals surface area contributed by atoms with Crippen molar-refractivity contribution in [2.45, 2.75) is 33.2 Å². The fraction of sp³-hybridized carbons (Fsp3) is 0.357. The standard InChI is InChI=1S/C14H20N4O2/c1-4-10(2)16-13(19)9-11(3)17-18-14(20)12-5-7-15-8-6-12/h5-10,17H,4H2,1-3H3,(H,16,19)(H,18,20). The molecule has 1 aromatic heterocycles. The number of carbonyl (C=O) groups excluding carboxylic acids is 2. The highest BCUT2D eigenvalue weighted by Crippen LogP contribution is 1.95. The molecule has 0 aliphatic heterocycles. The van der Waals surface area contributed by atoms with Crippen LogP contribution in [0, 0.1) is 0 Å². The zero-order valence-electron chi connectivity index (χ0n) is 11.9. The normalized spacial score (nSPS) is 12.4. The first-order valence-corrected chi connectivity index (χ1v) is 6.48. The molecule has 0 bridgehead atoms. The minimum Gasteiger partial charge on any atom is -0.350 e. The van der Waals surface area contributed by atoms with Crippen LogP contribution in [0.15, 0.2) is 36.3 Å². The number of hydrazine groups is 1. The number of hydrogen-bond acceptors (Lipinski definition) is 4. The Balaban J connectivity index is 2.45. The zero-order chi connectivity index (χ0) is 15.0. The molecule has 1 aromatic rings. The third-order valence-electron chi connectivity index (χ3n) is 2.66. The van der Waals surface area contributed by atoms with Crippen molar-refractivity contribution in [2.24, 2.45) is 0 Å². The van der Waals surface area contributed by atoms with Crippen LogP contribution in [0.25, 0.3) is 0 Å². The molecule has 2 amide bonds. The van der Waals surface area contributed by atoms with E-state index in [0.717, 1.165) is 6.42 Å². The summed E-state index contributed by atoms with van der Waals surface area (Å²) in [4.78, 5) is 27.2. The summed E-state index contributed by atoms with van der Waals surface area (Å²) in [5, 5.41) is 2.80. The van der Waals surface area contributed by atoms with Gasteiger partial charge in [-0.1, -0.05) is 6.92 Å². The predicted octanol–water partition coefficient (Wildman–Crippen LogP) is 1.13. The lowest BCUT2D eigenvalue weighted by Gasteiger charge is -2.11. The molecule has 20 heavy (non-hydrogen) atoms. The van der Waals surface area contributed by atoms with E-state index >= 15 is 0 Å². The van der Waals surface area contributed by atoms with Crippen LogP contribution in [-0.2, 0) is 4.79 Å². The van der Waals surface area contributed by atoms with Crippen molar-refractivity contribution in [3.05, 3.63) is 41.9 Å². The minimum atomic E-state index is -0.289. The molecule has 1 rings (SSSR count). The van der Waals surface area contributed by atoms with Crippen molar-refractivity contribution in [3.8, 4) is 0 Å². The Morgan fingerprint density at radius 3 is 2.55 bits per heavy atom. The average molecular weight is 276 g/mol. The summed E-state index contributed by atoms with van der Waals surface area (Å²) in [5.41, 5.74) is 6.23. The molecule has 0 saturated heterocycles. The lowest BCUT2D eigenvalue weighted by molar-refractivity contribution is -0.117. The molecule has 0 radical (unpaired) electrons. The SMILES string of the molecule is CCC(C)NC(=O)C=C(C)NNC(=O)c1ccncc1. The second-order valence-corrected chi connectivity index (χ2v) is 4.46. The fourth-order valence-corrected chi connectivity index (χ4v) is 1.35. The van der Waals surface area contributed by atoms with Gasteiger partial charge in [-0.25, -0.2) is 0 Å². The molecule has 0 saturated carbocycles. The van der Waals surface area contributed by atoms with Crippen molar-refractivity contribution in [1.29, 1.82) is 0 Å². The van der Waals surface area contributed by atoms with Gasteiger partial charge in [0.05, 0.1) is 0 Å². The van der Waals surface area contributed by atoms with Crippen LogP contribution in [0.5, 0.6) is 0 Å². The molecule has 0 aliphatic carbocycles. The van der Waals surface area contributed by atoms with E-state index in [2.05, 4.69) is 21.2 Å². The van der Waals surface area contributed by atoms with E-state index in [1.165, 1.54) is 18.5 Å². The van der Waals surface area contributed by atoms with Crippen molar-refractivity contribution in [3.63, 3.8) is 0 Å². The summed E-state index contributed by atoms with van der Waals surface area (Å²) < 4.78 is 0. The number of rotatable bonds is 6. The second-order valence-electron chi connectivity index (χ2n) is 4.46. The number of allylic oxidation sites excluding steroid dienone is 1. The van der Waals surface area contributed by atoms with Crippen LogP contribution >= 0.6 is 0 Å². The molecule has 1 unspecified atom stereocenters. The number of aromatic nitrogens is 1. The summed E-state index contributed by atoms with van der Waals surface area (Å²) in [6, 6.07) is 3.33. The van der Waals surface area contributed by atoms with E-state index in [-0.39, 0.29) is 17.9 Å². The van der Waals surface area contributed by atoms with Crippen molar-refractivity contribution in [1.82, 2.24) is 21.2 Å². The maximum atomic E-state index is 11.7. The monoisotopic (exact) mass is 276 g/mol. The maximum Gasteiger partial charge on any atom is 0.269 e. The number of nitrogens with one attached hydrogen (secondary N) is 3. The van der Waals surface area contributed by atoms with Crippen molar-refractivity contribution >= 4 is 11.8 Å². The number of hydrogen-bond donors (Lipinski definition) is 3. The van der Waals surface area contributed by atoms with Crippen molar-refractivity contribution in [2.75, 3.05) is 0 Å². The first-order chi connectivity index (χ1) is 9.52. The van der Waals surface area contributed by atoms with E-state index in [0.29, 0.717) is 11.3 Å². The van der Waals surface area contributed by atoms with Gasteiger partial charge in [0.15, 0.2) is 0 Å². The molecule has 1 heterocycles. The first-order valence-electron chi connectivity index (χ1n) is 6.48. The van der Waals surface area contributed by atoms with Gasteiger partial charge in [-0.3, -0.25) is 20.0 Å². The Morgan fingerprint density at radius 1 is 1.30 bits per heavy atom. The molecule has 0 spiro atoms. The van der Waals surface area contributed by atoms with Gasteiger partial charge in [0.25, 0.3) is 5.91 Å². The summed E-state index contributed by atoms with van der Waals surface area (Å²) in [7, 11) is 0. The Labute approximate surface area is 118 Å². The number of amides is 2. The Morgan fingerprint density at radius 2 is 1.95 bits per heavy atom. The van der Waals surface area contributed by atoms with Crippen LogP contribution < -0.4 is 16.2 Å². The molecule has 0 aliphatic rings. The van der Waals surface area contributed by atoms with Crippen LogP contribution in [0.4, 0.5) is 0 Å². The molecular formula is C14H20N4O2. The average Bonchev–Trinajstić information content (AvgIpc) is 2.45. The van der Waals surface area contributed by atoms with Crippen LogP contribution in [0.3, 0.4) is 0 Å². The Kier molecular flexibility index (Phi) is 6.22. The van der Waals surface area contributed by atoms with Gasteiger partial charge in [-0.2, -0.15) is 0 Å². The molecule has 1 atom stereocenters. The summed E-state index contributed by atoms with van der Waals surface area (Å²) in [6.07, 6.45) is 5.35. The van der Waals surface area contributed by atoms with E-state index < -0.39 is 0 Å². The summed E-state index contributed by atoms with van der Waals surface area (Å²) in [5.74, 6) is -0.481. The van der Waals surface area contributed by atoms with Gasteiger partial charge in [0.2, 0.25) is 5.91 Å².